The van der Waals surface area contributed by atoms with Crippen LogP contribution in [0.2, 0.25) is 0 Å². The average Bonchev–Trinajstić information content (AvgIpc) is 2.70. The first kappa shape index (κ1) is 15.5. The van der Waals surface area contributed by atoms with Crippen LogP contribution in [-0.2, 0) is 13.6 Å². The van der Waals surface area contributed by atoms with Crippen LogP contribution in [0.3, 0.4) is 0 Å². The Balaban J connectivity index is 1.99. The molecule has 0 aromatic carbocycles. The first-order chi connectivity index (χ1) is 9.39. The Morgan fingerprint density at radius 2 is 2.00 bits per heavy atom. The fourth-order valence-corrected chi connectivity index (χ4v) is 3.38. The summed E-state index contributed by atoms with van der Waals surface area (Å²) in [6.07, 6.45) is 7.59. The van der Waals surface area contributed by atoms with Crippen LogP contribution in [0.1, 0.15) is 63.1 Å². The van der Waals surface area contributed by atoms with Crippen LogP contribution in [-0.4, -0.2) is 39.0 Å². The van der Waals surface area contributed by atoms with Crippen molar-refractivity contribution in [2.75, 3.05) is 13.6 Å². The lowest BCUT2D eigenvalue weighted by molar-refractivity contribution is -0.0224. The molecule has 1 aromatic rings. The van der Waals surface area contributed by atoms with Crippen LogP contribution in [0.25, 0.3) is 0 Å². The molecule has 0 atom stereocenters. The Morgan fingerprint density at radius 3 is 2.60 bits per heavy atom. The maximum atomic E-state index is 10.6. The van der Waals surface area contributed by atoms with E-state index in [-0.39, 0.29) is 0 Å². The van der Waals surface area contributed by atoms with Crippen molar-refractivity contribution in [2.24, 2.45) is 7.05 Å². The summed E-state index contributed by atoms with van der Waals surface area (Å²) in [5.74, 6) is 0.442. The molecular formula is C16H29N3O. The van der Waals surface area contributed by atoms with Crippen molar-refractivity contribution in [1.29, 1.82) is 0 Å². The molecule has 114 valence electrons. The van der Waals surface area contributed by atoms with Gasteiger partial charge in [0.25, 0.3) is 0 Å². The van der Waals surface area contributed by atoms with Crippen molar-refractivity contribution in [3.8, 4) is 0 Å². The standard InChI is InChI=1S/C16H29N3O/c1-13(2)15-14(11-19(4)17-15)10-18(3)12-16(20)8-6-5-7-9-16/h11,13,20H,5-10,12H2,1-4H3. The summed E-state index contributed by atoms with van der Waals surface area (Å²) in [6.45, 7) is 5.99. The minimum Gasteiger partial charge on any atom is -0.389 e. The normalized spacial score (nSPS) is 18.9. The topological polar surface area (TPSA) is 41.3 Å². The molecule has 0 spiro atoms. The molecule has 0 radical (unpaired) electrons. The minimum atomic E-state index is -0.479. The number of likely N-dealkylation sites (N-methyl/N-ethyl adjacent to an activating group) is 1. The van der Waals surface area contributed by atoms with Gasteiger partial charge in [-0.3, -0.25) is 9.58 Å². The molecule has 1 aliphatic rings. The highest BCUT2D eigenvalue weighted by Crippen LogP contribution is 2.29. The van der Waals surface area contributed by atoms with Crippen LogP contribution in [0.5, 0.6) is 0 Å². The van der Waals surface area contributed by atoms with E-state index in [1.807, 2.05) is 11.7 Å². The zero-order chi connectivity index (χ0) is 14.8. The quantitative estimate of drug-likeness (QED) is 0.901. The lowest BCUT2D eigenvalue weighted by Crippen LogP contribution is -2.42. The van der Waals surface area contributed by atoms with E-state index < -0.39 is 5.60 Å². The van der Waals surface area contributed by atoms with E-state index in [9.17, 15) is 5.11 Å². The zero-order valence-corrected chi connectivity index (χ0v) is 13.4. The van der Waals surface area contributed by atoms with Gasteiger partial charge in [-0.15, -0.1) is 0 Å². The monoisotopic (exact) mass is 279 g/mol. The predicted molar refractivity (Wildman–Crippen MR) is 81.7 cm³/mol. The molecule has 0 unspecified atom stereocenters. The minimum absolute atomic E-state index is 0.442. The largest absolute Gasteiger partial charge is 0.389 e. The maximum Gasteiger partial charge on any atom is 0.0774 e. The van der Waals surface area contributed by atoms with Gasteiger partial charge < -0.3 is 5.11 Å². The summed E-state index contributed by atoms with van der Waals surface area (Å²) >= 11 is 0. The fourth-order valence-electron chi connectivity index (χ4n) is 3.38. The Labute approximate surface area is 122 Å². The molecule has 1 aliphatic carbocycles. The Morgan fingerprint density at radius 1 is 1.35 bits per heavy atom. The van der Waals surface area contributed by atoms with E-state index in [2.05, 4.69) is 37.1 Å². The summed E-state index contributed by atoms with van der Waals surface area (Å²) in [5, 5.41) is 15.2. The second kappa shape index (κ2) is 6.27. The van der Waals surface area contributed by atoms with Crippen molar-refractivity contribution in [3.63, 3.8) is 0 Å². The molecule has 0 aliphatic heterocycles. The molecule has 1 N–H and O–H groups in total. The van der Waals surface area contributed by atoms with Crippen molar-refractivity contribution < 1.29 is 5.11 Å². The van der Waals surface area contributed by atoms with Gasteiger partial charge >= 0.3 is 0 Å². The number of hydrogen-bond acceptors (Lipinski definition) is 3. The molecule has 20 heavy (non-hydrogen) atoms. The van der Waals surface area contributed by atoms with Crippen molar-refractivity contribution in [3.05, 3.63) is 17.5 Å². The number of aliphatic hydroxyl groups is 1. The van der Waals surface area contributed by atoms with Gasteiger partial charge in [0, 0.05) is 31.9 Å². The van der Waals surface area contributed by atoms with Crippen molar-refractivity contribution in [1.82, 2.24) is 14.7 Å². The average molecular weight is 279 g/mol. The predicted octanol–water partition coefficient (Wildman–Crippen LogP) is 2.67. The Hall–Kier alpha value is -0.870. The maximum absolute atomic E-state index is 10.6. The van der Waals surface area contributed by atoms with Gasteiger partial charge in [0.15, 0.2) is 0 Å². The van der Waals surface area contributed by atoms with Gasteiger partial charge in [-0.25, -0.2) is 0 Å². The summed E-state index contributed by atoms with van der Waals surface area (Å²) in [5.41, 5.74) is 1.98. The van der Waals surface area contributed by atoms with Crippen molar-refractivity contribution in [2.45, 2.75) is 64.0 Å². The molecular weight excluding hydrogens is 250 g/mol. The number of rotatable bonds is 5. The van der Waals surface area contributed by atoms with Crippen molar-refractivity contribution >= 4 is 0 Å². The fraction of sp³-hybridized carbons (Fsp3) is 0.812. The van der Waals surface area contributed by atoms with Gasteiger partial charge in [0.05, 0.1) is 11.3 Å². The molecule has 0 bridgehead atoms. The first-order valence-corrected chi connectivity index (χ1v) is 7.83. The highest BCUT2D eigenvalue weighted by molar-refractivity contribution is 5.20. The molecule has 1 heterocycles. The van der Waals surface area contributed by atoms with E-state index in [0.29, 0.717) is 5.92 Å². The molecule has 1 aromatic heterocycles. The Bertz CT molecular complexity index is 433. The molecule has 1 fully saturated rings. The van der Waals surface area contributed by atoms with Crippen LogP contribution in [0.4, 0.5) is 0 Å². The van der Waals surface area contributed by atoms with Gasteiger partial charge in [0.2, 0.25) is 0 Å². The highest BCUT2D eigenvalue weighted by Gasteiger charge is 2.30. The lowest BCUT2D eigenvalue weighted by atomic mass is 9.84. The van der Waals surface area contributed by atoms with Crippen LogP contribution < -0.4 is 0 Å². The van der Waals surface area contributed by atoms with Gasteiger partial charge in [-0.05, 0) is 25.8 Å². The molecule has 4 nitrogen and oxygen atoms in total. The second-order valence-corrected chi connectivity index (χ2v) is 6.83. The smallest absolute Gasteiger partial charge is 0.0774 e. The van der Waals surface area contributed by atoms with E-state index in [0.717, 1.165) is 38.8 Å². The number of hydrogen-bond donors (Lipinski definition) is 1. The second-order valence-electron chi connectivity index (χ2n) is 6.83. The Kier molecular flexibility index (Phi) is 4.86. The van der Waals surface area contributed by atoms with E-state index >= 15 is 0 Å². The molecule has 1 saturated carbocycles. The molecule has 0 amide bonds. The zero-order valence-electron chi connectivity index (χ0n) is 13.4. The molecule has 0 saturated heterocycles. The number of aromatic nitrogens is 2. The van der Waals surface area contributed by atoms with E-state index in [1.165, 1.54) is 17.7 Å². The third-order valence-electron chi connectivity index (χ3n) is 4.27. The SMILES string of the molecule is CC(C)c1nn(C)cc1CN(C)CC1(O)CCCCC1. The molecule has 2 rings (SSSR count). The summed E-state index contributed by atoms with van der Waals surface area (Å²) in [6, 6.07) is 0. The number of aryl methyl sites for hydroxylation is 1. The summed E-state index contributed by atoms with van der Waals surface area (Å²) in [4.78, 5) is 2.24. The first-order valence-electron chi connectivity index (χ1n) is 7.83. The van der Waals surface area contributed by atoms with E-state index in [1.54, 1.807) is 0 Å². The lowest BCUT2D eigenvalue weighted by Gasteiger charge is -2.35. The number of nitrogens with zero attached hydrogens (tertiary/aromatic N) is 3. The van der Waals surface area contributed by atoms with Gasteiger partial charge in [-0.1, -0.05) is 33.1 Å². The highest BCUT2D eigenvalue weighted by atomic mass is 16.3. The van der Waals surface area contributed by atoms with Crippen LogP contribution >= 0.6 is 0 Å². The van der Waals surface area contributed by atoms with Gasteiger partial charge in [-0.2, -0.15) is 5.10 Å². The third-order valence-corrected chi connectivity index (χ3v) is 4.27. The molecule has 4 heteroatoms. The third kappa shape index (κ3) is 3.83. The van der Waals surface area contributed by atoms with Crippen LogP contribution in [0.15, 0.2) is 6.20 Å². The summed E-state index contributed by atoms with van der Waals surface area (Å²) in [7, 11) is 4.08. The van der Waals surface area contributed by atoms with Gasteiger partial charge in [0.1, 0.15) is 0 Å². The summed E-state index contributed by atoms with van der Waals surface area (Å²) < 4.78 is 1.90. The van der Waals surface area contributed by atoms with E-state index in [4.69, 9.17) is 0 Å². The van der Waals surface area contributed by atoms with Crippen LogP contribution in [0, 0.1) is 0 Å².